The summed E-state index contributed by atoms with van der Waals surface area (Å²) in [6.45, 7) is 4.09. The topological polar surface area (TPSA) is 62.5 Å². The molecule has 2 aliphatic rings. The van der Waals surface area contributed by atoms with Crippen molar-refractivity contribution in [2.24, 2.45) is 0 Å². The first-order chi connectivity index (χ1) is 14.1. The van der Waals surface area contributed by atoms with Gasteiger partial charge in [0.1, 0.15) is 6.04 Å². The molecule has 1 aliphatic carbocycles. The van der Waals surface area contributed by atoms with Gasteiger partial charge in [0.05, 0.1) is 5.92 Å². The van der Waals surface area contributed by atoms with E-state index in [1.54, 1.807) is 0 Å². The number of aromatic nitrogens is 2. The maximum absolute atomic E-state index is 13.3. The molecule has 6 nitrogen and oxygen atoms in total. The van der Waals surface area contributed by atoms with E-state index in [4.69, 9.17) is 4.52 Å². The van der Waals surface area contributed by atoms with Crippen LogP contribution in [0.4, 0.5) is 0 Å². The van der Waals surface area contributed by atoms with Gasteiger partial charge in [-0.2, -0.15) is 4.98 Å². The minimum atomic E-state index is -0.187. The zero-order valence-electron chi connectivity index (χ0n) is 16.9. The lowest BCUT2D eigenvalue weighted by molar-refractivity contribution is -0.135. The molecule has 0 spiro atoms. The average Bonchev–Trinajstić information content (AvgIpc) is 3.49. The second-order valence-electron chi connectivity index (χ2n) is 8.37. The van der Waals surface area contributed by atoms with Crippen LogP contribution in [0.5, 0.6) is 0 Å². The molecule has 1 aromatic heterocycles. The summed E-state index contributed by atoms with van der Waals surface area (Å²) >= 11 is 0. The van der Waals surface area contributed by atoms with Crippen LogP contribution in [0.25, 0.3) is 10.8 Å². The van der Waals surface area contributed by atoms with Gasteiger partial charge >= 0.3 is 0 Å². The van der Waals surface area contributed by atoms with Crippen LogP contribution in [0, 0.1) is 0 Å². The number of likely N-dealkylation sites (N-methyl/N-ethyl adjacent to an activating group) is 1. The maximum Gasteiger partial charge on any atom is 0.245 e. The van der Waals surface area contributed by atoms with Crippen LogP contribution in [-0.2, 0) is 4.79 Å². The van der Waals surface area contributed by atoms with Gasteiger partial charge in [-0.1, -0.05) is 47.6 Å². The van der Waals surface area contributed by atoms with Gasteiger partial charge in [0, 0.05) is 25.6 Å². The van der Waals surface area contributed by atoms with E-state index in [2.05, 4.69) is 52.4 Å². The molecule has 1 amide bonds. The first-order valence-corrected chi connectivity index (χ1v) is 10.4. The molecule has 3 aromatic rings. The molecule has 2 atom stereocenters. The molecule has 0 bridgehead atoms. The van der Waals surface area contributed by atoms with E-state index >= 15 is 0 Å². The molecule has 0 radical (unpaired) electrons. The Kier molecular flexibility index (Phi) is 4.59. The Morgan fingerprint density at radius 2 is 1.93 bits per heavy atom. The number of benzene rings is 2. The molecule has 0 N–H and O–H groups in total. The molecule has 1 aliphatic heterocycles. The number of carbonyl (C=O) groups excluding carboxylic acids is 1. The Hall–Kier alpha value is -2.73. The number of rotatable bonds is 4. The normalized spacial score (nSPS) is 21.4. The monoisotopic (exact) mass is 390 g/mol. The molecule has 2 fully saturated rings. The highest BCUT2D eigenvalue weighted by molar-refractivity contribution is 5.87. The van der Waals surface area contributed by atoms with Crippen molar-refractivity contribution in [2.75, 3.05) is 26.7 Å². The lowest BCUT2D eigenvalue weighted by Crippen LogP contribution is -2.50. The summed E-state index contributed by atoms with van der Waals surface area (Å²) in [5, 5.41) is 6.51. The van der Waals surface area contributed by atoms with Gasteiger partial charge in [0.2, 0.25) is 11.8 Å². The molecule has 2 aromatic carbocycles. The van der Waals surface area contributed by atoms with Crippen molar-refractivity contribution >= 4 is 16.7 Å². The quantitative estimate of drug-likeness (QED) is 0.679. The van der Waals surface area contributed by atoms with E-state index in [0.29, 0.717) is 24.9 Å². The predicted octanol–water partition coefficient (Wildman–Crippen LogP) is 3.72. The van der Waals surface area contributed by atoms with Gasteiger partial charge < -0.3 is 9.42 Å². The second kappa shape index (κ2) is 7.26. The van der Waals surface area contributed by atoms with Crippen LogP contribution in [0.3, 0.4) is 0 Å². The first kappa shape index (κ1) is 18.3. The van der Waals surface area contributed by atoms with Gasteiger partial charge in [0.25, 0.3) is 0 Å². The fraction of sp³-hybridized carbons (Fsp3) is 0.435. The number of amides is 1. The highest BCUT2D eigenvalue weighted by Crippen LogP contribution is 2.39. The summed E-state index contributed by atoms with van der Waals surface area (Å²) in [7, 11) is 2.06. The standard InChI is InChI=1S/C23H26N4O2/c1-15(18-10-7-16-5-3-4-6-19(16)13-18)23(28)27-12-11-26(2)20(14-27)22-24-21(25-29-22)17-8-9-17/h3-7,10,13,15,17,20H,8-9,11-12,14H2,1-2H3. The molecule has 1 saturated carbocycles. The summed E-state index contributed by atoms with van der Waals surface area (Å²) < 4.78 is 5.56. The molecule has 2 heterocycles. The molecular weight excluding hydrogens is 364 g/mol. The Bertz CT molecular complexity index is 1040. The SMILES string of the molecule is CC(C(=O)N1CCN(C)C(c2nc(C3CC3)no2)C1)c1ccc2ccccc2c1. The van der Waals surface area contributed by atoms with Crippen molar-refractivity contribution in [2.45, 2.75) is 37.6 Å². The van der Waals surface area contributed by atoms with E-state index in [0.717, 1.165) is 30.8 Å². The summed E-state index contributed by atoms with van der Waals surface area (Å²) in [6, 6.07) is 14.5. The van der Waals surface area contributed by atoms with Gasteiger partial charge in [-0.15, -0.1) is 0 Å². The van der Waals surface area contributed by atoms with Crippen LogP contribution in [0.15, 0.2) is 47.0 Å². The molecule has 6 heteroatoms. The van der Waals surface area contributed by atoms with Crippen molar-refractivity contribution in [3.8, 4) is 0 Å². The van der Waals surface area contributed by atoms with E-state index in [1.807, 2.05) is 24.0 Å². The molecule has 2 unspecified atom stereocenters. The number of piperazine rings is 1. The van der Waals surface area contributed by atoms with Crippen LogP contribution in [0.2, 0.25) is 0 Å². The van der Waals surface area contributed by atoms with Gasteiger partial charge in [-0.25, -0.2) is 0 Å². The van der Waals surface area contributed by atoms with E-state index in [1.165, 1.54) is 10.8 Å². The van der Waals surface area contributed by atoms with Crippen LogP contribution in [0.1, 0.15) is 54.9 Å². The summed E-state index contributed by atoms with van der Waals surface area (Å²) in [6.07, 6.45) is 2.29. The van der Waals surface area contributed by atoms with Crippen LogP contribution < -0.4 is 0 Å². The van der Waals surface area contributed by atoms with Crippen molar-refractivity contribution in [1.82, 2.24) is 19.9 Å². The molecular formula is C23H26N4O2. The zero-order valence-corrected chi connectivity index (χ0v) is 16.9. The van der Waals surface area contributed by atoms with E-state index < -0.39 is 0 Å². The Morgan fingerprint density at radius 1 is 1.14 bits per heavy atom. The second-order valence-corrected chi connectivity index (χ2v) is 8.37. The number of nitrogens with zero attached hydrogens (tertiary/aromatic N) is 4. The zero-order chi connectivity index (χ0) is 20.0. The highest BCUT2D eigenvalue weighted by atomic mass is 16.5. The largest absolute Gasteiger partial charge is 0.339 e. The Morgan fingerprint density at radius 3 is 2.72 bits per heavy atom. The van der Waals surface area contributed by atoms with Crippen LogP contribution >= 0.6 is 0 Å². The maximum atomic E-state index is 13.3. The minimum Gasteiger partial charge on any atom is -0.339 e. The Balaban J connectivity index is 1.33. The van der Waals surface area contributed by atoms with Crippen molar-refractivity contribution in [3.05, 3.63) is 59.7 Å². The first-order valence-electron chi connectivity index (χ1n) is 10.4. The lowest BCUT2D eigenvalue weighted by atomic mass is 9.96. The molecule has 1 saturated heterocycles. The number of hydrogen-bond acceptors (Lipinski definition) is 5. The van der Waals surface area contributed by atoms with Gasteiger partial charge in [0.15, 0.2) is 5.82 Å². The van der Waals surface area contributed by atoms with E-state index in [-0.39, 0.29) is 17.9 Å². The molecule has 150 valence electrons. The fourth-order valence-electron chi connectivity index (χ4n) is 4.12. The third-order valence-corrected chi connectivity index (χ3v) is 6.29. The predicted molar refractivity (Wildman–Crippen MR) is 111 cm³/mol. The third-order valence-electron chi connectivity index (χ3n) is 6.29. The third kappa shape index (κ3) is 3.53. The average molecular weight is 390 g/mol. The van der Waals surface area contributed by atoms with Gasteiger partial charge in [-0.05, 0) is 43.1 Å². The number of fused-ring (bicyclic) bond motifs is 1. The van der Waals surface area contributed by atoms with Crippen molar-refractivity contribution < 1.29 is 9.32 Å². The minimum absolute atomic E-state index is 0.0449. The van der Waals surface area contributed by atoms with E-state index in [9.17, 15) is 4.79 Å². The smallest absolute Gasteiger partial charge is 0.245 e. The number of hydrogen-bond donors (Lipinski definition) is 0. The van der Waals surface area contributed by atoms with Crippen molar-refractivity contribution in [3.63, 3.8) is 0 Å². The summed E-state index contributed by atoms with van der Waals surface area (Å²) in [4.78, 5) is 22.1. The summed E-state index contributed by atoms with van der Waals surface area (Å²) in [5.74, 6) is 1.88. The van der Waals surface area contributed by atoms with Crippen molar-refractivity contribution in [1.29, 1.82) is 0 Å². The number of carbonyl (C=O) groups is 1. The van der Waals surface area contributed by atoms with Crippen LogP contribution in [-0.4, -0.2) is 52.5 Å². The van der Waals surface area contributed by atoms with Gasteiger partial charge in [-0.3, -0.25) is 9.69 Å². The molecule has 5 rings (SSSR count). The Labute approximate surface area is 170 Å². The lowest BCUT2D eigenvalue weighted by Gasteiger charge is -2.38. The summed E-state index contributed by atoms with van der Waals surface area (Å²) in [5.41, 5.74) is 1.05. The highest BCUT2D eigenvalue weighted by Gasteiger charge is 2.36. The molecule has 29 heavy (non-hydrogen) atoms. The fourth-order valence-corrected chi connectivity index (χ4v) is 4.12.